The molecule has 0 bridgehead atoms. The average Bonchev–Trinajstić information content (AvgIpc) is 2.99. The van der Waals surface area contributed by atoms with Crippen LogP contribution >= 0.6 is 0 Å². The lowest BCUT2D eigenvalue weighted by Crippen LogP contribution is -2.49. The molecule has 0 N–H and O–H groups in total. The number of fused-ring (bicyclic) bond motifs is 1. The third-order valence-electron chi connectivity index (χ3n) is 4.91. The third kappa shape index (κ3) is 4.04. The number of aromatic nitrogens is 1. The monoisotopic (exact) mass is 384 g/mol. The summed E-state index contributed by atoms with van der Waals surface area (Å²) in [5.74, 6) is -0.262. The Labute approximate surface area is 164 Å². The Kier molecular flexibility index (Phi) is 6.36. The second-order valence-electron chi connectivity index (χ2n) is 6.45. The average molecular weight is 384 g/mol. The first-order valence-electron chi connectivity index (χ1n) is 9.68. The van der Waals surface area contributed by atoms with E-state index in [4.69, 9.17) is 0 Å². The molecule has 6 nitrogen and oxygen atoms in total. The fraction of sp³-hybridized carbons (Fsp3) is 0.381. The first-order valence-corrected chi connectivity index (χ1v) is 9.68. The molecule has 3 heterocycles. The second-order valence-corrected chi connectivity index (χ2v) is 6.45. The van der Waals surface area contributed by atoms with E-state index in [1.807, 2.05) is 18.7 Å². The van der Waals surface area contributed by atoms with Crippen molar-refractivity contribution in [1.29, 1.82) is 0 Å². The highest BCUT2D eigenvalue weighted by Crippen LogP contribution is 2.22. The maximum absolute atomic E-state index is 13.3. The van der Waals surface area contributed by atoms with E-state index < -0.39 is 5.95 Å². The van der Waals surface area contributed by atoms with Crippen LogP contribution in [0.15, 0.2) is 42.5 Å². The van der Waals surface area contributed by atoms with E-state index in [1.54, 1.807) is 36.4 Å². The number of halogens is 1. The van der Waals surface area contributed by atoms with Gasteiger partial charge in [-0.2, -0.15) is 4.39 Å². The number of hydrogen-bond acceptors (Lipinski definition) is 5. The van der Waals surface area contributed by atoms with Crippen LogP contribution in [0.5, 0.6) is 0 Å². The molecule has 4 rings (SSSR count). The molecule has 0 aliphatic carbocycles. The first kappa shape index (κ1) is 19.9. The van der Waals surface area contributed by atoms with Crippen LogP contribution in [0.3, 0.4) is 0 Å². The molecule has 7 heteroatoms. The molecule has 28 heavy (non-hydrogen) atoms. The zero-order valence-electron chi connectivity index (χ0n) is 16.3. The Morgan fingerprint density at radius 3 is 2.04 bits per heavy atom. The van der Waals surface area contributed by atoms with Gasteiger partial charge in [-0.05, 0) is 24.3 Å². The third-order valence-corrected chi connectivity index (χ3v) is 4.91. The van der Waals surface area contributed by atoms with E-state index in [1.165, 1.54) is 11.0 Å². The van der Waals surface area contributed by atoms with Gasteiger partial charge >= 0.3 is 0 Å². The fourth-order valence-electron chi connectivity index (χ4n) is 3.46. The number of imide groups is 1. The zero-order valence-corrected chi connectivity index (χ0v) is 16.3. The quantitative estimate of drug-likeness (QED) is 0.599. The van der Waals surface area contributed by atoms with Crippen molar-refractivity contribution >= 4 is 17.6 Å². The molecule has 148 valence electrons. The van der Waals surface area contributed by atoms with Gasteiger partial charge in [-0.1, -0.05) is 32.0 Å². The van der Waals surface area contributed by atoms with Gasteiger partial charge in [-0.15, -0.1) is 0 Å². The summed E-state index contributed by atoms with van der Waals surface area (Å²) in [5, 5.41) is 0. The largest absolute Gasteiger partial charge is 0.354 e. The molecule has 2 amide bonds. The van der Waals surface area contributed by atoms with Crippen LogP contribution in [-0.4, -0.2) is 65.9 Å². The molecule has 2 aromatic rings. The van der Waals surface area contributed by atoms with Gasteiger partial charge in [-0.25, -0.2) is 4.98 Å². The first-order chi connectivity index (χ1) is 13.6. The number of amides is 2. The van der Waals surface area contributed by atoms with E-state index in [0.717, 1.165) is 26.2 Å². The van der Waals surface area contributed by atoms with Crippen molar-refractivity contribution in [3.05, 3.63) is 59.5 Å². The molecule has 0 spiro atoms. The molecule has 0 radical (unpaired) electrons. The van der Waals surface area contributed by atoms with Gasteiger partial charge < -0.3 is 4.90 Å². The van der Waals surface area contributed by atoms with E-state index in [2.05, 4.69) is 9.88 Å². The van der Waals surface area contributed by atoms with Crippen molar-refractivity contribution in [1.82, 2.24) is 14.8 Å². The SMILES string of the molecule is CC.O=C1c2ccccc2C(=O)N1CCN1CCN(c2cccc(F)n2)CC1. The summed E-state index contributed by atoms with van der Waals surface area (Å²) in [4.78, 5) is 34.3. The Hall–Kier alpha value is -2.80. The van der Waals surface area contributed by atoms with Crippen LogP contribution in [0.1, 0.15) is 34.6 Å². The van der Waals surface area contributed by atoms with Gasteiger partial charge in [0.05, 0.1) is 11.1 Å². The summed E-state index contributed by atoms with van der Waals surface area (Å²) < 4.78 is 13.3. The van der Waals surface area contributed by atoms with Crippen molar-refractivity contribution < 1.29 is 14.0 Å². The number of rotatable bonds is 4. The lowest BCUT2D eigenvalue weighted by Gasteiger charge is -2.35. The number of pyridine rings is 1. The maximum Gasteiger partial charge on any atom is 0.261 e. The van der Waals surface area contributed by atoms with Crippen LogP contribution in [-0.2, 0) is 0 Å². The predicted molar refractivity (Wildman–Crippen MR) is 106 cm³/mol. The summed E-state index contributed by atoms with van der Waals surface area (Å²) >= 11 is 0. The molecular weight excluding hydrogens is 359 g/mol. The lowest BCUT2D eigenvalue weighted by molar-refractivity contribution is 0.0635. The normalized spacial score (nSPS) is 16.7. The number of piperazine rings is 1. The highest BCUT2D eigenvalue weighted by atomic mass is 19.1. The van der Waals surface area contributed by atoms with Gasteiger partial charge in [0.2, 0.25) is 5.95 Å². The van der Waals surface area contributed by atoms with Crippen molar-refractivity contribution in [3.63, 3.8) is 0 Å². The Morgan fingerprint density at radius 2 is 1.46 bits per heavy atom. The van der Waals surface area contributed by atoms with Crippen LogP contribution in [0.4, 0.5) is 10.2 Å². The second kappa shape index (κ2) is 8.93. The summed E-state index contributed by atoms with van der Waals surface area (Å²) in [6.45, 7) is 8.04. The highest BCUT2D eigenvalue weighted by Gasteiger charge is 2.35. The molecule has 1 aromatic carbocycles. The van der Waals surface area contributed by atoms with Crippen LogP contribution in [0.25, 0.3) is 0 Å². The zero-order chi connectivity index (χ0) is 20.1. The Morgan fingerprint density at radius 1 is 0.857 bits per heavy atom. The van der Waals surface area contributed by atoms with Gasteiger partial charge in [0.15, 0.2) is 0 Å². The number of nitrogens with zero attached hydrogens (tertiary/aromatic N) is 4. The van der Waals surface area contributed by atoms with E-state index >= 15 is 0 Å². The molecular formula is C21H25FN4O2. The van der Waals surface area contributed by atoms with Crippen LogP contribution in [0, 0.1) is 5.95 Å². The summed E-state index contributed by atoms with van der Waals surface area (Å²) in [6, 6.07) is 11.7. The van der Waals surface area contributed by atoms with E-state index in [-0.39, 0.29) is 11.8 Å². The van der Waals surface area contributed by atoms with Gasteiger partial charge in [0, 0.05) is 39.3 Å². The maximum atomic E-state index is 13.3. The molecule has 0 atom stereocenters. The molecule has 2 aliphatic heterocycles. The minimum atomic E-state index is -0.476. The molecule has 1 fully saturated rings. The molecule has 0 saturated carbocycles. The molecule has 1 saturated heterocycles. The Balaban J connectivity index is 0.00000109. The summed E-state index contributed by atoms with van der Waals surface area (Å²) in [7, 11) is 0. The van der Waals surface area contributed by atoms with Crippen LogP contribution in [0.2, 0.25) is 0 Å². The van der Waals surface area contributed by atoms with E-state index in [0.29, 0.717) is 30.0 Å². The van der Waals surface area contributed by atoms with E-state index in [9.17, 15) is 14.0 Å². The number of hydrogen-bond donors (Lipinski definition) is 0. The number of anilines is 1. The van der Waals surface area contributed by atoms with Crippen molar-refractivity contribution in [2.75, 3.05) is 44.2 Å². The van der Waals surface area contributed by atoms with Crippen molar-refractivity contribution in [2.45, 2.75) is 13.8 Å². The van der Waals surface area contributed by atoms with Crippen molar-refractivity contribution in [2.24, 2.45) is 0 Å². The topological polar surface area (TPSA) is 56.8 Å². The predicted octanol–water partition coefficient (Wildman–Crippen LogP) is 2.67. The van der Waals surface area contributed by atoms with Gasteiger partial charge in [0.1, 0.15) is 5.82 Å². The van der Waals surface area contributed by atoms with Crippen LogP contribution < -0.4 is 4.90 Å². The van der Waals surface area contributed by atoms with Gasteiger partial charge in [-0.3, -0.25) is 19.4 Å². The molecule has 2 aliphatic rings. The Bertz CT molecular complexity index is 815. The lowest BCUT2D eigenvalue weighted by atomic mass is 10.1. The molecule has 1 aromatic heterocycles. The number of carbonyl (C=O) groups excluding carboxylic acids is 2. The minimum absolute atomic E-state index is 0.215. The van der Waals surface area contributed by atoms with Crippen molar-refractivity contribution in [3.8, 4) is 0 Å². The van der Waals surface area contributed by atoms with Gasteiger partial charge in [0.25, 0.3) is 11.8 Å². The number of benzene rings is 1. The highest BCUT2D eigenvalue weighted by molar-refractivity contribution is 6.21. The summed E-state index contributed by atoms with van der Waals surface area (Å²) in [6.07, 6.45) is 0. The smallest absolute Gasteiger partial charge is 0.261 e. The fourth-order valence-corrected chi connectivity index (χ4v) is 3.46. The number of carbonyl (C=O) groups is 2. The summed E-state index contributed by atoms with van der Waals surface area (Å²) in [5.41, 5.74) is 0.971. The standard InChI is InChI=1S/C19H19FN4O2.C2H6/c20-16-6-3-7-17(21-16)23-11-8-22(9-12-23)10-13-24-18(25)14-4-1-2-5-15(14)19(24)26;1-2/h1-7H,8-13H2;1-2H3. The minimum Gasteiger partial charge on any atom is -0.354 e. The molecule has 0 unspecified atom stereocenters.